The first-order valence-electron chi connectivity index (χ1n) is 5.87. The molecular weight excluding hydrogens is 244 g/mol. The van der Waals surface area contributed by atoms with Crippen molar-refractivity contribution in [1.29, 1.82) is 0 Å². The molecule has 0 spiro atoms. The van der Waals surface area contributed by atoms with Crippen molar-refractivity contribution in [3.05, 3.63) is 69.8 Å². The molecule has 0 aromatic heterocycles. The first-order valence-corrected chi connectivity index (χ1v) is 5.87. The van der Waals surface area contributed by atoms with Crippen LogP contribution in [0.15, 0.2) is 48.5 Å². The van der Waals surface area contributed by atoms with Gasteiger partial charge >= 0.3 is 0 Å². The van der Waals surface area contributed by atoms with Crippen LogP contribution in [0.4, 0.5) is 11.4 Å². The van der Waals surface area contributed by atoms with Gasteiger partial charge in [0, 0.05) is 12.6 Å². The van der Waals surface area contributed by atoms with Crippen LogP contribution < -0.4 is 5.32 Å². The molecule has 0 heterocycles. The Hall–Kier alpha value is -2.40. The molecule has 0 saturated carbocycles. The van der Waals surface area contributed by atoms with Crippen LogP contribution in [-0.2, 0) is 13.2 Å². The standard InChI is InChI=1S/C14H14N2O3/c17-10-12-6-2-1-5-11(12)9-15-13-7-3-4-8-14(13)16(18)19/h1-8,15,17H,9-10H2. The van der Waals surface area contributed by atoms with Crippen LogP contribution in [0.25, 0.3) is 0 Å². The van der Waals surface area contributed by atoms with Gasteiger partial charge in [0.1, 0.15) is 5.69 Å². The Morgan fingerprint density at radius 2 is 1.68 bits per heavy atom. The maximum Gasteiger partial charge on any atom is 0.292 e. The second-order valence-electron chi connectivity index (χ2n) is 4.05. The number of nitrogens with zero attached hydrogens (tertiary/aromatic N) is 1. The van der Waals surface area contributed by atoms with Crippen LogP contribution in [0.5, 0.6) is 0 Å². The number of anilines is 1. The van der Waals surface area contributed by atoms with Crippen molar-refractivity contribution in [2.24, 2.45) is 0 Å². The van der Waals surface area contributed by atoms with E-state index in [1.807, 2.05) is 24.3 Å². The topological polar surface area (TPSA) is 75.4 Å². The number of para-hydroxylation sites is 2. The van der Waals surface area contributed by atoms with Crippen LogP contribution in [0.2, 0.25) is 0 Å². The molecule has 0 radical (unpaired) electrons. The molecule has 0 aliphatic rings. The van der Waals surface area contributed by atoms with Gasteiger partial charge in [0.05, 0.1) is 11.5 Å². The van der Waals surface area contributed by atoms with E-state index in [0.717, 1.165) is 11.1 Å². The molecule has 98 valence electrons. The fourth-order valence-electron chi connectivity index (χ4n) is 1.86. The Labute approximate surface area is 110 Å². The molecule has 2 aromatic carbocycles. The molecule has 0 atom stereocenters. The summed E-state index contributed by atoms with van der Waals surface area (Å²) in [6, 6.07) is 13.9. The first kappa shape index (κ1) is 13.0. The fraction of sp³-hybridized carbons (Fsp3) is 0.143. The highest BCUT2D eigenvalue weighted by molar-refractivity contribution is 5.61. The van der Waals surface area contributed by atoms with Crippen molar-refractivity contribution < 1.29 is 10.0 Å². The molecule has 19 heavy (non-hydrogen) atoms. The lowest BCUT2D eigenvalue weighted by Gasteiger charge is -2.10. The van der Waals surface area contributed by atoms with E-state index >= 15 is 0 Å². The molecule has 0 aliphatic heterocycles. The highest BCUT2D eigenvalue weighted by atomic mass is 16.6. The zero-order valence-electron chi connectivity index (χ0n) is 10.2. The minimum atomic E-state index is -0.416. The number of nitro benzene ring substituents is 1. The van der Waals surface area contributed by atoms with Crippen LogP contribution in [0.3, 0.4) is 0 Å². The van der Waals surface area contributed by atoms with Gasteiger partial charge in [-0.15, -0.1) is 0 Å². The monoisotopic (exact) mass is 258 g/mol. The van der Waals surface area contributed by atoms with E-state index in [1.165, 1.54) is 6.07 Å². The number of aliphatic hydroxyl groups is 1. The number of nitro groups is 1. The van der Waals surface area contributed by atoms with Crippen LogP contribution in [-0.4, -0.2) is 10.0 Å². The number of nitrogens with one attached hydrogen (secondary N) is 1. The number of benzene rings is 2. The average molecular weight is 258 g/mol. The van der Waals surface area contributed by atoms with Gasteiger partial charge in [0.2, 0.25) is 0 Å². The van der Waals surface area contributed by atoms with Gasteiger partial charge in [-0.3, -0.25) is 10.1 Å². The van der Waals surface area contributed by atoms with E-state index in [2.05, 4.69) is 5.32 Å². The minimum absolute atomic E-state index is 0.0454. The van der Waals surface area contributed by atoms with Gasteiger partial charge in [-0.05, 0) is 17.2 Å². The lowest BCUT2D eigenvalue weighted by atomic mass is 10.1. The zero-order valence-corrected chi connectivity index (χ0v) is 10.2. The summed E-state index contributed by atoms with van der Waals surface area (Å²) < 4.78 is 0. The second kappa shape index (κ2) is 5.97. The summed E-state index contributed by atoms with van der Waals surface area (Å²) in [6.45, 7) is 0.385. The largest absolute Gasteiger partial charge is 0.392 e. The predicted octanol–water partition coefficient (Wildman–Crippen LogP) is 2.70. The van der Waals surface area contributed by atoms with Crippen molar-refractivity contribution in [2.75, 3.05) is 5.32 Å². The lowest BCUT2D eigenvalue weighted by Crippen LogP contribution is -2.04. The third kappa shape index (κ3) is 3.08. The van der Waals surface area contributed by atoms with Gasteiger partial charge in [0.15, 0.2) is 0 Å². The van der Waals surface area contributed by atoms with Gasteiger partial charge in [-0.2, -0.15) is 0 Å². The van der Waals surface area contributed by atoms with Crippen molar-refractivity contribution in [3.63, 3.8) is 0 Å². The molecule has 2 rings (SSSR count). The van der Waals surface area contributed by atoms with Crippen molar-refractivity contribution in [1.82, 2.24) is 0 Å². The molecule has 2 aromatic rings. The highest BCUT2D eigenvalue weighted by Crippen LogP contribution is 2.24. The van der Waals surface area contributed by atoms with Crippen LogP contribution >= 0.6 is 0 Å². The Morgan fingerprint density at radius 3 is 2.37 bits per heavy atom. The average Bonchev–Trinajstić information content (AvgIpc) is 2.45. The Balaban J connectivity index is 2.17. The van der Waals surface area contributed by atoms with E-state index < -0.39 is 4.92 Å². The van der Waals surface area contributed by atoms with Crippen LogP contribution in [0.1, 0.15) is 11.1 Å². The summed E-state index contributed by atoms with van der Waals surface area (Å²) in [6.07, 6.45) is 0. The quantitative estimate of drug-likeness (QED) is 0.638. The number of hydrogen-bond donors (Lipinski definition) is 2. The lowest BCUT2D eigenvalue weighted by molar-refractivity contribution is -0.384. The molecule has 0 aliphatic carbocycles. The van der Waals surface area contributed by atoms with Crippen molar-refractivity contribution in [2.45, 2.75) is 13.2 Å². The van der Waals surface area contributed by atoms with Crippen LogP contribution in [0, 0.1) is 10.1 Å². The van der Waals surface area contributed by atoms with Gasteiger partial charge in [0.25, 0.3) is 5.69 Å². The summed E-state index contributed by atoms with van der Waals surface area (Å²) in [5.41, 5.74) is 2.25. The maximum atomic E-state index is 10.9. The third-order valence-electron chi connectivity index (χ3n) is 2.86. The molecule has 0 fully saturated rings. The molecule has 5 heteroatoms. The summed E-state index contributed by atoms with van der Waals surface area (Å²) in [5, 5.41) is 23.1. The smallest absolute Gasteiger partial charge is 0.292 e. The van der Waals surface area contributed by atoms with Gasteiger partial charge in [-0.25, -0.2) is 0 Å². The molecule has 0 amide bonds. The van der Waals surface area contributed by atoms with E-state index in [9.17, 15) is 15.2 Å². The number of rotatable bonds is 5. The number of aliphatic hydroxyl groups excluding tert-OH is 1. The summed E-state index contributed by atoms with van der Waals surface area (Å²) >= 11 is 0. The Kier molecular flexibility index (Phi) is 4.10. The summed E-state index contributed by atoms with van der Waals surface area (Å²) in [7, 11) is 0. The second-order valence-corrected chi connectivity index (χ2v) is 4.05. The van der Waals surface area contributed by atoms with Gasteiger partial charge < -0.3 is 10.4 Å². The maximum absolute atomic E-state index is 10.9. The van der Waals surface area contributed by atoms with Crippen molar-refractivity contribution >= 4 is 11.4 Å². The van der Waals surface area contributed by atoms with Crippen molar-refractivity contribution in [3.8, 4) is 0 Å². The SMILES string of the molecule is O=[N+]([O-])c1ccccc1NCc1ccccc1CO. The molecule has 5 nitrogen and oxygen atoms in total. The Bertz CT molecular complexity index is 584. The van der Waals surface area contributed by atoms with E-state index in [4.69, 9.17) is 0 Å². The molecular formula is C14H14N2O3. The van der Waals surface area contributed by atoms with E-state index in [-0.39, 0.29) is 12.3 Å². The molecule has 0 saturated heterocycles. The minimum Gasteiger partial charge on any atom is -0.392 e. The highest BCUT2D eigenvalue weighted by Gasteiger charge is 2.12. The first-order chi connectivity index (χ1) is 9.22. The fourth-order valence-corrected chi connectivity index (χ4v) is 1.86. The molecule has 0 bridgehead atoms. The normalized spacial score (nSPS) is 10.2. The van der Waals surface area contributed by atoms with E-state index in [0.29, 0.717) is 12.2 Å². The summed E-state index contributed by atoms with van der Waals surface area (Å²) in [4.78, 5) is 10.5. The Morgan fingerprint density at radius 1 is 1.05 bits per heavy atom. The predicted molar refractivity (Wildman–Crippen MR) is 72.8 cm³/mol. The summed E-state index contributed by atoms with van der Waals surface area (Å²) in [5.74, 6) is 0. The molecule has 2 N–H and O–H groups in total. The number of hydrogen-bond acceptors (Lipinski definition) is 4. The van der Waals surface area contributed by atoms with E-state index in [1.54, 1.807) is 18.2 Å². The zero-order chi connectivity index (χ0) is 13.7. The molecule has 0 unspecified atom stereocenters. The third-order valence-corrected chi connectivity index (χ3v) is 2.86. The van der Waals surface area contributed by atoms with Gasteiger partial charge in [-0.1, -0.05) is 36.4 Å².